The molecule has 162 valence electrons. The van der Waals surface area contributed by atoms with Gasteiger partial charge in [0.05, 0.1) is 24.3 Å². The molecular formula is C22H24FN5O3. The van der Waals surface area contributed by atoms with Crippen LogP contribution in [-0.2, 0) is 6.54 Å². The molecule has 0 bridgehead atoms. The molecule has 2 aromatic heterocycles. The first-order chi connectivity index (χ1) is 14.8. The van der Waals surface area contributed by atoms with Crippen molar-refractivity contribution in [3.8, 4) is 0 Å². The molecule has 31 heavy (non-hydrogen) atoms. The number of hydrogen-bond donors (Lipinski definition) is 3. The molecule has 1 aromatic carbocycles. The third-order valence-corrected chi connectivity index (χ3v) is 5.70. The smallest absolute Gasteiger partial charge is 0.218 e. The zero-order valence-electron chi connectivity index (χ0n) is 17.2. The second-order valence-corrected chi connectivity index (χ2v) is 8.04. The molecular weight excluding hydrogens is 401 g/mol. The first kappa shape index (κ1) is 21.1. The Balaban J connectivity index is 1.52. The summed E-state index contributed by atoms with van der Waals surface area (Å²) >= 11 is 0. The number of aryl methyl sites for hydroxylation is 1. The van der Waals surface area contributed by atoms with Gasteiger partial charge in [0.2, 0.25) is 5.78 Å². The van der Waals surface area contributed by atoms with E-state index < -0.39 is 18.2 Å². The van der Waals surface area contributed by atoms with Crippen molar-refractivity contribution in [3.05, 3.63) is 71.2 Å². The summed E-state index contributed by atoms with van der Waals surface area (Å²) in [6, 6.07) is 6.12. The van der Waals surface area contributed by atoms with Gasteiger partial charge in [-0.25, -0.2) is 14.4 Å². The van der Waals surface area contributed by atoms with Crippen LogP contribution in [0, 0.1) is 18.7 Å². The zero-order chi connectivity index (χ0) is 22.1. The molecule has 4 rings (SSSR count). The van der Waals surface area contributed by atoms with Gasteiger partial charge in [0, 0.05) is 12.4 Å². The number of aliphatic hydroxyl groups is 2. The highest BCUT2D eigenvalue weighted by molar-refractivity contribution is 6.10. The molecule has 0 saturated heterocycles. The van der Waals surface area contributed by atoms with Crippen LogP contribution >= 0.6 is 0 Å². The lowest BCUT2D eigenvalue weighted by atomic mass is 10.1. The Kier molecular flexibility index (Phi) is 5.79. The number of ketones is 1. The normalized spacial score (nSPS) is 23.1. The minimum Gasteiger partial charge on any atom is -0.390 e. The Morgan fingerprint density at radius 1 is 1.29 bits per heavy atom. The van der Waals surface area contributed by atoms with Gasteiger partial charge in [-0.3, -0.25) is 9.48 Å². The SMILES string of the molecule is Cc1ccc(Cn2ccc(C(=O)c3cncnc3N[C@@H]3C[C@@H](C)[C@@H](O)[C@H]3O)n2)cc1F. The van der Waals surface area contributed by atoms with E-state index >= 15 is 0 Å². The Bertz CT molecular complexity index is 1100. The van der Waals surface area contributed by atoms with Crippen LogP contribution in [0.4, 0.5) is 10.2 Å². The van der Waals surface area contributed by atoms with Crippen LogP contribution in [0.15, 0.2) is 43.0 Å². The predicted molar refractivity (Wildman–Crippen MR) is 111 cm³/mol. The molecule has 2 heterocycles. The van der Waals surface area contributed by atoms with Crippen LogP contribution in [0.5, 0.6) is 0 Å². The van der Waals surface area contributed by atoms with E-state index in [0.717, 1.165) is 5.56 Å². The maximum atomic E-state index is 13.8. The number of nitrogens with zero attached hydrogens (tertiary/aromatic N) is 4. The molecule has 1 saturated carbocycles. The van der Waals surface area contributed by atoms with Gasteiger partial charge in [0.15, 0.2) is 0 Å². The van der Waals surface area contributed by atoms with Gasteiger partial charge < -0.3 is 15.5 Å². The van der Waals surface area contributed by atoms with Crippen LogP contribution in [0.25, 0.3) is 0 Å². The van der Waals surface area contributed by atoms with E-state index in [-0.39, 0.29) is 34.6 Å². The predicted octanol–water partition coefficient (Wildman–Crippen LogP) is 1.94. The molecule has 3 N–H and O–H groups in total. The molecule has 9 heteroatoms. The number of rotatable bonds is 6. The summed E-state index contributed by atoms with van der Waals surface area (Å²) in [6.45, 7) is 3.88. The van der Waals surface area contributed by atoms with Crippen LogP contribution in [0.3, 0.4) is 0 Å². The fourth-order valence-corrected chi connectivity index (χ4v) is 3.82. The molecule has 8 nitrogen and oxygen atoms in total. The van der Waals surface area contributed by atoms with Crippen molar-refractivity contribution >= 4 is 11.6 Å². The fourth-order valence-electron chi connectivity index (χ4n) is 3.82. The lowest BCUT2D eigenvalue weighted by Crippen LogP contribution is -2.35. The van der Waals surface area contributed by atoms with E-state index in [2.05, 4.69) is 20.4 Å². The van der Waals surface area contributed by atoms with Crippen molar-refractivity contribution in [3.63, 3.8) is 0 Å². The van der Waals surface area contributed by atoms with Crippen molar-refractivity contribution in [1.82, 2.24) is 19.7 Å². The minimum absolute atomic E-state index is 0.0733. The second kappa shape index (κ2) is 8.52. The average Bonchev–Trinajstić information content (AvgIpc) is 3.31. The van der Waals surface area contributed by atoms with Crippen LogP contribution in [-0.4, -0.2) is 54.0 Å². The van der Waals surface area contributed by atoms with Crippen molar-refractivity contribution in [2.45, 2.75) is 45.1 Å². The van der Waals surface area contributed by atoms with Gasteiger partial charge in [-0.1, -0.05) is 19.1 Å². The van der Waals surface area contributed by atoms with E-state index in [1.165, 1.54) is 18.6 Å². The quantitative estimate of drug-likeness (QED) is 0.517. The molecule has 0 aliphatic heterocycles. The Labute approximate surface area is 178 Å². The molecule has 4 atom stereocenters. The number of anilines is 1. The first-order valence-electron chi connectivity index (χ1n) is 10.1. The number of aliphatic hydroxyl groups excluding tert-OH is 2. The number of benzene rings is 1. The standard InChI is InChI=1S/C22H24FN5O3/c1-12-3-4-14(8-16(12)23)10-28-6-5-17(27-28)20(30)15-9-24-11-25-22(15)26-18-7-13(2)19(29)21(18)31/h3-6,8-9,11,13,18-19,21,29,31H,7,10H2,1-2H3,(H,24,25,26)/t13-,18-,19-,21+/m1/s1. The van der Waals surface area contributed by atoms with Gasteiger partial charge in [-0.2, -0.15) is 5.10 Å². The lowest BCUT2D eigenvalue weighted by molar-refractivity contribution is 0.0210. The van der Waals surface area contributed by atoms with E-state index in [0.29, 0.717) is 18.5 Å². The number of halogens is 1. The fraction of sp³-hybridized carbons (Fsp3) is 0.364. The molecule has 0 radical (unpaired) electrons. The van der Waals surface area contributed by atoms with E-state index in [1.54, 1.807) is 29.9 Å². The van der Waals surface area contributed by atoms with Crippen molar-refractivity contribution in [2.24, 2.45) is 5.92 Å². The molecule has 1 fully saturated rings. The third kappa shape index (κ3) is 4.33. The summed E-state index contributed by atoms with van der Waals surface area (Å²) < 4.78 is 15.3. The zero-order valence-corrected chi connectivity index (χ0v) is 17.2. The maximum absolute atomic E-state index is 13.8. The van der Waals surface area contributed by atoms with Gasteiger partial charge in [-0.15, -0.1) is 0 Å². The highest BCUT2D eigenvalue weighted by atomic mass is 19.1. The third-order valence-electron chi connectivity index (χ3n) is 5.70. The molecule has 0 unspecified atom stereocenters. The first-order valence-corrected chi connectivity index (χ1v) is 10.1. The van der Waals surface area contributed by atoms with Gasteiger partial charge in [-0.05, 0) is 42.5 Å². The summed E-state index contributed by atoms with van der Waals surface area (Å²) in [5.41, 5.74) is 1.72. The molecule has 0 spiro atoms. The Morgan fingerprint density at radius 2 is 2.10 bits per heavy atom. The average molecular weight is 425 g/mol. The number of aromatic nitrogens is 4. The number of carbonyl (C=O) groups excluding carboxylic acids is 1. The lowest BCUT2D eigenvalue weighted by Gasteiger charge is -2.19. The van der Waals surface area contributed by atoms with Gasteiger partial charge >= 0.3 is 0 Å². The van der Waals surface area contributed by atoms with Gasteiger partial charge in [0.1, 0.15) is 29.8 Å². The molecule has 1 aliphatic carbocycles. The highest BCUT2D eigenvalue weighted by Crippen LogP contribution is 2.29. The van der Waals surface area contributed by atoms with E-state index in [1.807, 2.05) is 13.0 Å². The van der Waals surface area contributed by atoms with Crippen LogP contribution < -0.4 is 5.32 Å². The number of nitrogens with one attached hydrogen (secondary N) is 1. The maximum Gasteiger partial charge on any atom is 0.218 e. The van der Waals surface area contributed by atoms with Crippen LogP contribution in [0.1, 0.15) is 40.5 Å². The number of carbonyl (C=O) groups is 1. The molecule has 1 aliphatic rings. The summed E-state index contributed by atoms with van der Waals surface area (Å²) in [4.78, 5) is 21.1. The second-order valence-electron chi connectivity index (χ2n) is 8.04. The number of hydrogen-bond acceptors (Lipinski definition) is 7. The highest BCUT2D eigenvalue weighted by Gasteiger charge is 2.39. The largest absolute Gasteiger partial charge is 0.390 e. The monoisotopic (exact) mass is 425 g/mol. The van der Waals surface area contributed by atoms with Crippen molar-refractivity contribution in [2.75, 3.05) is 5.32 Å². The van der Waals surface area contributed by atoms with Crippen LogP contribution in [0.2, 0.25) is 0 Å². The summed E-state index contributed by atoms with van der Waals surface area (Å²) in [6.07, 6.45) is 3.11. The van der Waals surface area contributed by atoms with E-state index in [9.17, 15) is 19.4 Å². The van der Waals surface area contributed by atoms with E-state index in [4.69, 9.17) is 0 Å². The van der Waals surface area contributed by atoms with Crippen molar-refractivity contribution in [1.29, 1.82) is 0 Å². The molecule has 0 amide bonds. The van der Waals surface area contributed by atoms with Crippen molar-refractivity contribution < 1.29 is 19.4 Å². The molecule has 3 aromatic rings. The summed E-state index contributed by atoms with van der Waals surface area (Å²) in [7, 11) is 0. The Morgan fingerprint density at radius 3 is 2.81 bits per heavy atom. The topological polar surface area (TPSA) is 113 Å². The summed E-state index contributed by atoms with van der Waals surface area (Å²) in [5.74, 6) is -0.457. The minimum atomic E-state index is -0.956. The van der Waals surface area contributed by atoms with Gasteiger partial charge in [0.25, 0.3) is 0 Å². The summed E-state index contributed by atoms with van der Waals surface area (Å²) in [5, 5.41) is 27.6. The Hall–Kier alpha value is -3.17.